The summed E-state index contributed by atoms with van der Waals surface area (Å²) in [5, 5.41) is 4.05. The zero-order valence-electron chi connectivity index (χ0n) is 25.0. The number of nitrogens with zero attached hydrogens (tertiary/aromatic N) is 4. The van der Waals surface area contributed by atoms with Crippen molar-refractivity contribution in [2.45, 2.75) is 0 Å². The van der Waals surface area contributed by atoms with Gasteiger partial charge in [0.05, 0.1) is 11.2 Å². The first-order valence-electron chi connectivity index (χ1n) is 15.5. The molecular weight excluding hydrogens is 580 g/mol. The maximum Gasteiger partial charge on any atom is 0.164 e. The number of hydrogen-bond acceptors (Lipinski definition) is 5. The van der Waals surface area contributed by atoms with Gasteiger partial charge in [0, 0.05) is 38.2 Å². The average molecular weight is 605 g/mol. The molecule has 6 heteroatoms. The van der Waals surface area contributed by atoms with E-state index < -0.39 is 0 Å². The second-order valence-electron chi connectivity index (χ2n) is 11.6. The van der Waals surface area contributed by atoms with Crippen LogP contribution in [0.2, 0.25) is 0 Å². The third kappa shape index (κ3) is 3.88. The maximum atomic E-state index is 6.76. The van der Waals surface area contributed by atoms with Gasteiger partial charge in [-0.2, -0.15) is 0 Å². The Morgan fingerprint density at radius 1 is 0.426 bits per heavy atom. The molecule has 0 N–H and O–H groups in total. The van der Waals surface area contributed by atoms with E-state index in [0.29, 0.717) is 17.5 Å². The molecule has 0 radical (unpaired) electrons. The first-order valence-corrected chi connectivity index (χ1v) is 15.5. The van der Waals surface area contributed by atoms with Crippen molar-refractivity contribution in [3.8, 4) is 39.9 Å². The van der Waals surface area contributed by atoms with Crippen LogP contribution in [0.5, 0.6) is 0 Å². The number of rotatable bonds is 4. The van der Waals surface area contributed by atoms with E-state index in [1.54, 1.807) is 0 Å². The van der Waals surface area contributed by atoms with Gasteiger partial charge in [0.1, 0.15) is 16.7 Å². The van der Waals surface area contributed by atoms with Gasteiger partial charge in [-0.05, 0) is 36.4 Å². The van der Waals surface area contributed by atoms with Crippen molar-refractivity contribution in [3.05, 3.63) is 146 Å². The van der Waals surface area contributed by atoms with Crippen LogP contribution < -0.4 is 0 Å². The summed E-state index contributed by atoms with van der Waals surface area (Å²) in [4.78, 5) is 15.0. The highest BCUT2D eigenvalue weighted by Gasteiger charge is 2.23. The summed E-state index contributed by atoms with van der Waals surface area (Å²) in [7, 11) is 0. The van der Waals surface area contributed by atoms with Crippen LogP contribution in [0.4, 0.5) is 0 Å². The van der Waals surface area contributed by atoms with Crippen LogP contribution in [0.25, 0.3) is 94.8 Å². The summed E-state index contributed by atoms with van der Waals surface area (Å²) in [5.41, 5.74) is 9.01. The summed E-state index contributed by atoms with van der Waals surface area (Å²) in [6.45, 7) is 0. The fourth-order valence-electron chi connectivity index (χ4n) is 6.79. The van der Waals surface area contributed by atoms with Crippen LogP contribution in [0, 0.1) is 0 Å². The van der Waals surface area contributed by atoms with Crippen molar-refractivity contribution in [1.82, 2.24) is 19.5 Å². The third-order valence-electron chi connectivity index (χ3n) is 8.87. The van der Waals surface area contributed by atoms with Crippen LogP contribution in [-0.2, 0) is 0 Å². The molecular formula is C41H24N4O2. The van der Waals surface area contributed by atoms with Crippen molar-refractivity contribution in [1.29, 1.82) is 0 Å². The minimum absolute atomic E-state index is 0.589. The van der Waals surface area contributed by atoms with Crippen molar-refractivity contribution >= 4 is 54.9 Å². The summed E-state index contributed by atoms with van der Waals surface area (Å²) in [5.74, 6) is 1.83. The van der Waals surface area contributed by atoms with E-state index in [0.717, 1.165) is 77.3 Å². The summed E-state index contributed by atoms with van der Waals surface area (Å²) in [6.07, 6.45) is 0. The molecule has 0 saturated heterocycles. The predicted molar refractivity (Wildman–Crippen MR) is 188 cm³/mol. The molecule has 0 aliphatic heterocycles. The van der Waals surface area contributed by atoms with E-state index in [-0.39, 0.29) is 0 Å². The van der Waals surface area contributed by atoms with E-state index in [9.17, 15) is 0 Å². The van der Waals surface area contributed by atoms with Crippen molar-refractivity contribution in [3.63, 3.8) is 0 Å². The lowest BCUT2D eigenvalue weighted by atomic mass is 10.0. The molecule has 6 nitrogen and oxygen atoms in total. The largest absolute Gasteiger partial charge is 0.454 e. The lowest BCUT2D eigenvalue weighted by molar-refractivity contribution is 0.666. The monoisotopic (exact) mass is 604 g/mol. The van der Waals surface area contributed by atoms with Gasteiger partial charge >= 0.3 is 0 Å². The third-order valence-corrected chi connectivity index (χ3v) is 8.87. The SMILES string of the molecule is c1ccc(-c2nc(-c3ccccc3)nc(-c3cccc4oc5c(-n6c7ccccc7c7oc8ccccc8c76)cccc5c34)n2)cc1. The van der Waals surface area contributed by atoms with Crippen LogP contribution in [0.3, 0.4) is 0 Å². The molecule has 0 bridgehead atoms. The number of furan rings is 2. The smallest absolute Gasteiger partial charge is 0.164 e. The minimum atomic E-state index is 0.589. The lowest BCUT2D eigenvalue weighted by Gasteiger charge is -2.09. The van der Waals surface area contributed by atoms with Crippen molar-refractivity contribution in [2.24, 2.45) is 0 Å². The minimum Gasteiger partial charge on any atom is -0.454 e. The lowest BCUT2D eigenvalue weighted by Crippen LogP contribution is -2.00. The molecule has 0 fully saturated rings. The fraction of sp³-hybridized carbons (Fsp3) is 0. The van der Waals surface area contributed by atoms with Gasteiger partial charge in [0.2, 0.25) is 0 Å². The molecule has 47 heavy (non-hydrogen) atoms. The molecule has 6 aromatic carbocycles. The molecule has 0 amide bonds. The average Bonchev–Trinajstić information content (AvgIpc) is 3.81. The van der Waals surface area contributed by atoms with Crippen LogP contribution in [0.1, 0.15) is 0 Å². The molecule has 10 rings (SSSR count). The molecule has 0 saturated carbocycles. The molecule has 220 valence electrons. The highest BCUT2D eigenvalue weighted by atomic mass is 16.3. The van der Waals surface area contributed by atoms with Gasteiger partial charge in [-0.15, -0.1) is 0 Å². The molecule has 0 aliphatic carbocycles. The molecule has 4 heterocycles. The summed E-state index contributed by atoms with van der Waals surface area (Å²) >= 11 is 0. The Balaban J connectivity index is 1.26. The van der Waals surface area contributed by atoms with Gasteiger partial charge in [0.15, 0.2) is 28.6 Å². The van der Waals surface area contributed by atoms with E-state index in [2.05, 4.69) is 65.2 Å². The standard InChI is InChI=1S/C41H24N4O2/c1-3-13-25(14-4-1)39-42-40(26-15-5-2-6-16-26)44-41(43-39)30-20-12-24-34-35(30)29-19-11-22-32(37(29)47-34)45-31-21-9-7-17-27(31)38-36(45)28-18-8-10-23-33(28)46-38/h1-24H. The molecule has 0 spiro atoms. The van der Waals surface area contributed by atoms with Crippen LogP contribution in [-0.4, -0.2) is 19.5 Å². The Hall–Kier alpha value is -6.53. The number of fused-ring (bicyclic) bond motifs is 8. The Kier molecular flexibility index (Phi) is 5.48. The number of benzene rings is 6. The molecule has 0 aliphatic rings. The number of aromatic nitrogens is 4. The Bertz CT molecular complexity index is 2730. The van der Waals surface area contributed by atoms with Crippen LogP contribution >= 0.6 is 0 Å². The Morgan fingerprint density at radius 2 is 1.00 bits per heavy atom. The van der Waals surface area contributed by atoms with Crippen LogP contribution in [0.15, 0.2) is 154 Å². The summed E-state index contributed by atoms with van der Waals surface area (Å²) in [6, 6.07) is 49.0. The fourth-order valence-corrected chi connectivity index (χ4v) is 6.79. The quantitative estimate of drug-likeness (QED) is 0.200. The maximum absolute atomic E-state index is 6.76. The zero-order valence-corrected chi connectivity index (χ0v) is 25.0. The van der Waals surface area contributed by atoms with Gasteiger partial charge < -0.3 is 13.4 Å². The Morgan fingerprint density at radius 3 is 1.77 bits per heavy atom. The molecule has 0 unspecified atom stereocenters. The highest BCUT2D eigenvalue weighted by molar-refractivity contribution is 6.19. The molecule has 0 atom stereocenters. The van der Waals surface area contributed by atoms with E-state index in [1.807, 2.05) is 84.9 Å². The zero-order chi connectivity index (χ0) is 30.9. The van der Waals surface area contributed by atoms with Gasteiger partial charge in [-0.25, -0.2) is 15.0 Å². The second-order valence-corrected chi connectivity index (χ2v) is 11.6. The molecule has 4 aromatic heterocycles. The van der Waals surface area contributed by atoms with Crippen molar-refractivity contribution < 1.29 is 8.83 Å². The second kappa shape index (κ2) is 9.99. The van der Waals surface area contributed by atoms with Gasteiger partial charge in [0.25, 0.3) is 0 Å². The van der Waals surface area contributed by atoms with Gasteiger partial charge in [-0.1, -0.05) is 109 Å². The highest BCUT2D eigenvalue weighted by Crippen LogP contribution is 2.43. The number of para-hydroxylation sites is 3. The van der Waals surface area contributed by atoms with E-state index in [4.69, 9.17) is 23.8 Å². The normalized spacial score (nSPS) is 11.8. The topological polar surface area (TPSA) is 69.9 Å². The van der Waals surface area contributed by atoms with Crippen molar-refractivity contribution in [2.75, 3.05) is 0 Å². The first kappa shape index (κ1) is 25.8. The van der Waals surface area contributed by atoms with Gasteiger partial charge in [-0.3, -0.25) is 0 Å². The first-order chi connectivity index (χ1) is 23.3. The Labute approximate surface area is 268 Å². The molecule has 10 aromatic rings. The predicted octanol–water partition coefficient (Wildman–Crippen LogP) is 10.6. The van der Waals surface area contributed by atoms with E-state index >= 15 is 0 Å². The number of hydrogen-bond donors (Lipinski definition) is 0. The summed E-state index contributed by atoms with van der Waals surface area (Å²) < 4.78 is 15.5. The van der Waals surface area contributed by atoms with E-state index in [1.165, 1.54) is 0 Å².